The van der Waals surface area contributed by atoms with E-state index >= 15 is 0 Å². The molecular formula is C12H16FN3O. The second-order valence-corrected chi connectivity index (χ2v) is 4.24. The van der Waals surface area contributed by atoms with Crippen molar-refractivity contribution in [3.63, 3.8) is 0 Å². The van der Waals surface area contributed by atoms with Gasteiger partial charge in [-0.15, -0.1) is 0 Å². The molecule has 0 aliphatic carbocycles. The molecule has 5 heteroatoms. The number of nitrogens with zero attached hydrogens (tertiary/aromatic N) is 2. The third-order valence-electron chi connectivity index (χ3n) is 3.00. The van der Waals surface area contributed by atoms with Crippen molar-refractivity contribution in [3.8, 4) is 0 Å². The first-order chi connectivity index (χ1) is 8.06. The first kappa shape index (κ1) is 11.7. The van der Waals surface area contributed by atoms with E-state index in [1.54, 1.807) is 17.9 Å². The quantitative estimate of drug-likeness (QED) is 0.743. The fourth-order valence-electron chi connectivity index (χ4n) is 2.06. The summed E-state index contributed by atoms with van der Waals surface area (Å²) in [6.45, 7) is 4.33. The van der Waals surface area contributed by atoms with Gasteiger partial charge in [0.2, 0.25) is 5.91 Å². The maximum atomic E-state index is 13.2. The second-order valence-electron chi connectivity index (χ2n) is 4.24. The van der Waals surface area contributed by atoms with Gasteiger partial charge in [0.15, 0.2) is 0 Å². The topological polar surface area (TPSA) is 49.6 Å². The number of piperazine rings is 1. The lowest BCUT2D eigenvalue weighted by atomic mass is 10.2. The van der Waals surface area contributed by atoms with Gasteiger partial charge in [0.05, 0.1) is 0 Å². The number of anilines is 2. The summed E-state index contributed by atoms with van der Waals surface area (Å²) in [6, 6.07) is 4.53. The number of rotatable bonds is 1. The molecule has 2 rings (SSSR count). The molecule has 92 valence electrons. The lowest BCUT2D eigenvalue weighted by Crippen LogP contribution is -2.48. The lowest BCUT2D eigenvalue weighted by Gasteiger charge is -2.35. The Bertz CT molecular complexity index is 408. The molecule has 1 heterocycles. The van der Waals surface area contributed by atoms with Crippen molar-refractivity contribution in [3.05, 3.63) is 24.0 Å². The van der Waals surface area contributed by atoms with Crippen LogP contribution in [-0.2, 0) is 4.79 Å². The molecule has 0 spiro atoms. The van der Waals surface area contributed by atoms with Crippen LogP contribution in [0, 0.1) is 5.82 Å². The van der Waals surface area contributed by atoms with E-state index in [1.807, 2.05) is 4.90 Å². The van der Waals surface area contributed by atoms with Gasteiger partial charge in [-0.05, 0) is 18.2 Å². The molecule has 0 atom stereocenters. The predicted octanol–water partition coefficient (Wildman–Crippen LogP) is 1.08. The maximum absolute atomic E-state index is 13.2. The van der Waals surface area contributed by atoms with Crippen LogP contribution in [0.25, 0.3) is 0 Å². The van der Waals surface area contributed by atoms with Crippen LogP contribution in [0.2, 0.25) is 0 Å². The SMILES string of the molecule is CC(=O)N1CCN(c2cc(N)cc(F)c2)CC1. The van der Waals surface area contributed by atoms with E-state index < -0.39 is 0 Å². The van der Waals surface area contributed by atoms with Crippen LogP contribution in [0.1, 0.15) is 6.92 Å². The Morgan fingerprint density at radius 3 is 2.41 bits per heavy atom. The minimum atomic E-state index is -0.325. The Labute approximate surface area is 99.8 Å². The number of amides is 1. The maximum Gasteiger partial charge on any atom is 0.219 e. The summed E-state index contributed by atoms with van der Waals surface area (Å²) >= 11 is 0. The Hall–Kier alpha value is -1.78. The Kier molecular flexibility index (Phi) is 3.17. The first-order valence-electron chi connectivity index (χ1n) is 5.63. The normalized spacial score (nSPS) is 16.1. The molecule has 1 saturated heterocycles. The average molecular weight is 237 g/mol. The molecule has 1 amide bonds. The van der Waals surface area contributed by atoms with Gasteiger partial charge in [-0.1, -0.05) is 0 Å². The molecule has 0 radical (unpaired) electrons. The molecule has 0 aromatic heterocycles. The van der Waals surface area contributed by atoms with Crippen molar-refractivity contribution in [2.45, 2.75) is 6.92 Å². The van der Waals surface area contributed by atoms with E-state index in [0.29, 0.717) is 31.9 Å². The monoisotopic (exact) mass is 237 g/mol. The van der Waals surface area contributed by atoms with Gasteiger partial charge in [-0.25, -0.2) is 4.39 Å². The minimum absolute atomic E-state index is 0.0865. The Morgan fingerprint density at radius 1 is 1.24 bits per heavy atom. The van der Waals surface area contributed by atoms with Gasteiger partial charge in [0, 0.05) is 44.5 Å². The van der Waals surface area contributed by atoms with Gasteiger partial charge in [-0.2, -0.15) is 0 Å². The molecule has 1 aliphatic heterocycles. The van der Waals surface area contributed by atoms with Crippen LogP contribution >= 0.6 is 0 Å². The zero-order chi connectivity index (χ0) is 12.4. The summed E-state index contributed by atoms with van der Waals surface area (Å²) in [6.07, 6.45) is 0. The van der Waals surface area contributed by atoms with Crippen LogP contribution in [0.3, 0.4) is 0 Å². The third-order valence-corrected chi connectivity index (χ3v) is 3.00. The van der Waals surface area contributed by atoms with Crippen molar-refractivity contribution in [1.82, 2.24) is 4.90 Å². The number of nitrogens with two attached hydrogens (primary N) is 1. The first-order valence-corrected chi connectivity index (χ1v) is 5.63. The second kappa shape index (κ2) is 4.61. The highest BCUT2D eigenvalue weighted by molar-refractivity contribution is 5.73. The molecule has 2 N–H and O–H groups in total. The number of carbonyl (C=O) groups excluding carboxylic acids is 1. The smallest absolute Gasteiger partial charge is 0.219 e. The molecule has 0 saturated carbocycles. The molecule has 1 aromatic carbocycles. The molecule has 0 unspecified atom stereocenters. The Morgan fingerprint density at radius 2 is 1.88 bits per heavy atom. The van der Waals surface area contributed by atoms with Gasteiger partial charge >= 0.3 is 0 Å². The van der Waals surface area contributed by atoms with E-state index in [-0.39, 0.29) is 11.7 Å². The van der Waals surface area contributed by atoms with Crippen molar-refractivity contribution in [1.29, 1.82) is 0 Å². The van der Waals surface area contributed by atoms with Gasteiger partial charge < -0.3 is 15.5 Å². The number of halogens is 1. The van der Waals surface area contributed by atoms with Crippen LogP contribution in [0.4, 0.5) is 15.8 Å². The molecular weight excluding hydrogens is 221 g/mol. The molecule has 0 bridgehead atoms. The number of hydrogen-bond acceptors (Lipinski definition) is 3. The minimum Gasteiger partial charge on any atom is -0.399 e. The van der Waals surface area contributed by atoms with Crippen LogP contribution < -0.4 is 10.6 Å². The summed E-state index contributed by atoms with van der Waals surface area (Å²) in [5, 5.41) is 0. The lowest BCUT2D eigenvalue weighted by molar-refractivity contribution is -0.129. The molecule has 1 aromatic rings. The van der Waals surface area contributed by atoms with Crippen LogP contribution in [-0.4, -0.2) is 37.0 Å². The van der Waals surface area contributed by atoms with Gasteiger partial charge in [0.25, 0.3) is 0 Å². The largest absolute Gasteiger partial charge is 0.399 e. The summed E-state index contributed by atoms with van der Waals surface area (Å²) in [7, 11) is 0. The van der Waals surface area contributed by atoms with Gasteiger partial charge in [-0.3, -0.25) is 4.79 Å². The van der Waals surface area contributed by atoms with E-state index in [9.17, 15) is 9.18 Å². The number of nitrogen functional groups attached to an aromatic ring is 1. The van der Waals surface area contributed by atoms with E-state index in [2.05, 4.69) is 0 Å². The zero-order valence-corrected chi connectivity index (χ0v) is 9.82. The average Bonchev–Trinajstić information content (AvgIpc) is 2.28. The van der Waals surface area contributed by atoms with Crippen molar-refractivity contribution >= 4 is 17.3 Å². The third kappa shape index (κ3) is 2.67. The molecule has 1 fully saturated rings. The number of carbonyl (C=O) groups is 1. The van der Waals surface area contributed by atoms with Crippen molar-refractivity contribution < 1.29 is 9.18 Å². The molecule has 17 heavy (non-hydrogen) atoms. The summed E-state index contributed by atoms with van der Waals surface area (Å²) in [4.78, 5) is 15.0. The fraction of sp³-hybridized carbons (Fsp3) is 0.417. The number of hydrogen-bond donors (Lipinski definition) is 1. The van der Waals surface area contributed by atoms with Crippen LogP contribution in [0.5, 0.6) is 0 Å². The van der Waals surface area contributed by atoms with E-state index in [0.717, 1.165) is 5.69 Å². The Balaban J connectivity index is 2.07. The summed E-state index contributed by atoms with van der Waals surface area (Å²) in [5.41, 5.74) is 6.82. The highest BCUT2D eigenvalue weighted by Crippen LogP contribution is 2.21. The van der Waals surface area contributed by atoms with Gasteiger partial charge in [0.1, 0.15) is 5.82 Å². The van der Waals surface area contributed by atoms with E-state index in [4.69, 9.17) is 5.73 Å². The standard InChI is InChI=1S/C12H16FN3O/c1-9(17)15-2-4-16(5-3-15)12-7-10(13)6-11(14)8-12/h6-8H,2-5,14H2,1H3. The molecule has 4 nitrogen and oxygen atoms in total. The zero-order valence-electron chi connectivity index (χ0n) is 9.82. The van der Waals surface area contributed by atoms with Crippen molar-refractivity contribution in [2.75, 3.05) is 36.8 Å². The summed E-state index contributed by atoms with van der Waals surface area (Å²) < 4.78 is 13.2. The fourth-order valence-corrected chi connectivity index (χ4v) is 2.06. The number of benzene rings is 1. The van der Waals surface area contributed by atoms with Crippen LogP contribution in [0.15, 0.2) is 18.2 Å². The highest BCUT2D eigenvalue weighted by atomic mass is 19.1. The predicted molar refractivity (Wildman–Crippen MR) is 65.3 cm³/mol. The van der Waals surface area contributed by atoms with E-state index in [1.165, 1.54) is 12.1 Å². The molecule has 1 aliphatic rings. The highest BCUT2D eigenvalue weighted by Gasteiger charge is 2.19. The summed E-state index contributed by atoms with van der Waals surface area (Å²) in [5.74, 6) is -0.239. The van der Waals surface area contributed by atoms with Crippen molar-refractivity contribution in [2.24, 2.45) is 0 Å².